The summed E-state index contributed by atoms with van der Waals surface area (Å²) in [5.41, 5.74) is 5.90. The van der Waals surface area contributed by atoms with Gasteiger partial charge in [-0.05, 0) is 96.2 Å². The highest BCUT2D eigenvalue weighted by Crippen LogP contribution is 2.34. The van der Waals surface area contributed by atoms with Crippen molar-refractivity contribution in [3.8, 4) is 23.0 Å². The number of hydrogen-bond donors (Lipinski definition) is 0. The van der Waals surface area contributed by atoms with E-state index in [1.807, 2.05) is 60.7 Å². The van der Waals surface area contributed by atoms with E-state index in [4.69, 9.17) is 18.9 Å². The fourth-order valence-electron chi connectivity index (χ4n) is 7.10. The lowest BCUT2D eigenvalue weighted by Gasteiger charge is -2.21. The molecule has 0 atom stereocenters. The highest BCUT2D eigenvalue weighted by atomic mass is 16.5. The van der Waals surface area contributed by atoms with Crippen LogP contribution in [-0.2, 0) is 0 Å². The van der Waals surface area contributed by atoms with Crippen LogP contribution in [0, 0.1) is 0 Å². The molecule has 0 aliphatic heterocycles. The van der Waals surface area contributed by atoms with Crippen molar-refractivity contribution in [1.82, 2.24) is 0 Å². The average Bonchev–Trinajstić information content (AvgIpc) is 3.22. The van der Waals surface area contributed by atoms with Crippen LogP contribution in [0.15, 0.2) is 97.1 Å². The van der Waals surface area contributed by atoms with Crippen LogP contribution in [-0.4, -0.2) is 40.0 Å². The highest BCUT2D eigenvalue weighted by Gasteiger charge is 2.17. The summed E-state index contributed by atoms with van der Waals surface area (Å²) in [6, 6.07) is 27.4. The zero-order valence-electron chi connectivity index (χ0n) is 31.1. The highest BCUT2D eigenvalue weighted by molar-refractivity contribution is 6.07. The monoisotopic (exact) mass is 700 g/mol. The second-order valence-corrected chi connectivity index (χ2v) is 13.6. The molecule has 52 heavy (non-hydrogen) atoms. The van der Waals surface area contributed by atoms with E-state index in [0.717, 1.165) is 22.3 Å². The second kappa shape index (κ2) is 19.5. The maximum absolute atomic E-state index is 12.5. The molecule has 0 N–H and O–H groups in total. The zero-order chi connectivity index (χ0) is 36.7. The molecule has 0 heterocycles. The molecule has 0 unspecified atom stereocenters. The Morgan fingerprint density at radius 2 is 0.769 bits per heavy atom. The van der Waals surface area contributed by atoms with E-state index in [1.165, 1.54) is 75.3 Å². The van der Waals surface area contributed by atoms with E-state index in [9.17, 15) is 9.59 Å². The first-order valence-corrected chi connectivity index (χ1v) is 18.5. The molecule has 2 fully saturated rings. The van der Waals surface area contributed by atoms with Crippen molar-refractivity contribution in [3.05, 3.63) is 130 Å². The standard InChI is InChI=1S/2C23H26O3/c2*1-25-21-14-17(15-22(16-21)26-2)8-13-23(24)20-11-9-19(10-12-20)18-6-4-3-5-7-18/h2*8-16,18H,3-7H2,1-2H3/b2*13-8+. The van der Waals surface area contributed by atoms with Crippen molar-refractivity contribution in [2.24, 2.45) is 0 Å². The first-order valence-electron chi connectivity index (χ1n) is 18.5. The van der Waals surface area contributed by atoms with Crippen molar-refractivity contribution < 1.29 is 28.5 Å². The van der Waals surface area contributed by atoms with Crippen LogP contribution in [0.4, 0.5) is 0 Å². The van der Waals surface area contributed by atoms with E-state index < -0.39 is 0 Å². The van der Waals surface area contributed by atoms with Crippen molar-refractivity contribution in [2.45, 2.75) is 76.0 Å². The van der Waals surface area contributed by atoms with E-state index in [-0.39, 0.29) is 11.6 Å². The predicted octanol–water partition coefficient (Wildman–Crippen LogP) is 11.3. The summed E-state index contributed by atoms with van der Waals surface area (Å²) < 4.78 is 21.0. The summed E-state index contributed by atoms with van der Waals surface area (Å²) in [4.78, 5) is 24.9. The van der Waals surface area contributed by atoms with Gasteiger partial charge in [0.15, 0.2) is 11.6 Å². The molecule has 0 saturated heterocycles. The van der Waals surface area contributed by atoms with Crippen LogP contribution in [0.5, 0.6) is 23.0 Å². The lowest BCUT2D eigenvalue weighted by Crippen LogP contribution is -2.05. The molecule has 6 nitrogen and oxygen atoms in total. The third-order valence-corrected chi connectivity index (χ3v) is 10.1. The van der Waals surface area contributed by atoms with Crippen molar-refractivity contribution in [1.29, 1.82) is 0 Å². The Labute approximate surface area is 309 Å². The second-order valence-electron chi connectivity index (χ2n) is 13.6. The van der Waals surface area contributed by atoms with Gasteiger partial charge in [0.1, 0.15) is 23.0 Å². The molecule has 272 valence electrons. The van der Waals surface area contributed by atoms with Crippen molar-refractivity contribution >= 4 is 23.7 Å². The Morgan fingerprint density at radius 1 is 0.462 bits per heavy atom. The maximum atomic E-state index is 12.5. The van der Waals surface area contributed by atoms with E-state index in [1.54, 1.807) is 52.7 Å². The van der Waals surface area contributed by atoms with Gasteiger partial charge in [0.05, 0.1) is 28.4 Å². The molecule has 0 bridgehead atoms. The van der Waals surface area contributed by atoms with Gasteiger partial charge in [-0.3, -0.25) is 9.59 Å². The Morgan fingerprint density at radius 3 is 1.06 bits per heavy atom. The molecule has 2 aliphatic carbocycles. The Balaban J connectivity index is 0.000000201. The Kier molecular flexibility index (Phi) is 14.3. The number of benzene rings is 4. The fraction of sp³-hybridized carbons (Fsp3) is 0.348. The summed E-state index contributed by atoms with van der Waals surface area (Å²) in [6.07, 6.45) is 19.8. The molecule has 0 spiro atoms. The van der Waals surface area contributed by atoms with Crippen LogP contribution >= 0.6 is 0 Å². The fourth-order valence-corrected chi connectivity index (χ4v) is 7.10. The number of ether oxygens (including phenoxy) is 4. The summed E-state index contributed by atoms with van der Waals surface area (Å²) in [5, 5.41) is 0. The molecule has 0 radical (unpaired) electrons. The first-order chi connectivity index (χ1) is 25.4. The summed E-state index contributed by atoms with van der Waals surface area (Å²) in [5.74, 6) is 4.13. The van der Waals surface area contributed by atoms with Gasteiger partial charge in [-0.25, -0.2) is 0 Å². The molecular formula is C46H52O6. The SMILES string of the molecule is COc1cc(/C=C/C(=O)c2ccc(C3CCCCC3)cc2)cc(OC)c1.COc1cc(/C=C/C(=O)c2ccc(C3CCCCC3)cc2)cc(OC)c1. The molecule has 2 saturated carbocycles. The van der Waals surface area contributed by atoms with Crippen molar-refractivity contribution in [3.63, 3.8) is 0 Å². The van der Waals surface area contributed by atoms with Gasteiger partial charge in [0.25, 0.3) is 0 Å². The molecule has 2 aliphatic rings. The molecule has 4 aromatic carbocycles. The van der Waals surface area contributed by atoms with E-state index in [0.29, 0.717) is 34.8 Å². The minimum absolute atomic E-state index is 0.00183. The largest absolute Gasteiger partial charge is 0.497 e. The van der Waals surface area contributed by atoms with E-state index in [2.05, 4.69) is 24.3 Å². The summed E-state index contributed by atoms with van der Waals surface area (Å²) in [7, 11) is 6.45. The lowest BCUT2D eigenvalue weighted by molar-refractivity contribution is 0.103. The molecule has 6 heteroatoms. The van der Waals surface area contributed by atoms with Crippen LogP contribution in [0.1, 0.15) is 119 Å². The maximum Gasteiger partial charge on any atom is 0.185 e. The number of allylic oxidation sites excluding steroid dienone is 2. The van der Waals surface area contributed by atoms with Gasteiger partial charge in [-0.15, -0.1) is 0 Å². The van der Waals surface area contributed by atoms with Gasteiger partial charge >= 0.3 is 0 Å². The molecule has 6 rings (SSSR count). The molecule has 4 aromatic rings. The number of ketones is 2. The zero-order valence-corrected chi connectivity index (χ0v) is 31.1. The number of carbonyl (C=O) groups is 2. The lowest BCUT2D eigenvalue weighted by atomic mass is 9.84. The van der Waals surface area contributed by atoms with Gasteiger partial charge in [-0.1, -0.05) is 99.2 Å². The molecule has 0 amide bonds. The summed E-state index contributed by atoms with van der Waals surface area (Å²) in [6.45, 7) is 0. The molecular weight excluding hydrogens is 649 g/mol. The number of methoxy groups -OCH3 is 4. The Bertz CT molecular complexity index is 1630. The normalized spacial score (nSPS) is 15.2. The quantitative estimate of drug-likeness (QED) is 0.108. The van der Waals surface area contributed by atoms with E-state index >= 15 is 0 Å². The minimum Gasteiger partial charge on any atom is -0.497 e. The number of carbonyl (C=O) groups excluding carboxylic acids is 2. The number of hydrogen-bond acceptors (Lipinski definition) is 6. The van der Waals surface area contributed by atoms with Crippen molar-refractivity contribution in [2.75, 3.05) is 28.4 Å². The minimum atomic E-state index is 0.00183. The third-order valence-electron chi connectivity index (χ3n) is 10.1. The van der Waals surface area contributed by atoms with Crippen LogP contribution in [0.25, 0.3) is 12.2 Å². The average molecular weight is 701 g/mol. The van der Waals surface area contributed by atoms with Gasteiger partial charge in [0.2, 0.25) is 0 Å². The summed E-state index contributed by atoms with van der Waals surface area (Å²) >= 11 is 0. The van der Waals surface area contributed by atoms with Gasteiger partial charge in [0, 0.05) is 23.3 Å². The first kappa shape index (κ1) is 38.1. The third kappa shape index (κ3) is 10.9. The number of rotatable bonds is 12. The predicted molar refractivity (Wildman–Crippen MR) is 210 cm³/mol. The molecule has 0 aromatic heterocycles. The van der Waals surface area contributed by atoms with Gasteiger partial charge in [-0.2, -0.15) is 0 Å². The van der Waals surface area contributed by atoms with Gasteiger partial charge < -0.3 is 18.9 Å². The Hall–Kier alpha value is -5.10. The van der Waals surface area contributed by atoms with Crippen LogP contribution in [0.2, 0.25) is 0 Å². The van der Waals surface area contributed by atoms with Crippen LogP contribution < -0.4 is 18.9 Å². The smallest absolute Gasteiger partial charge is 0.185 e. The van der Waals surface area contributed by atoms with Crippen LogP contribution in [0.3, 0.4) is 0 Å². The topological polar surface area (TPSA) is 71.1 Å².